The second-order valence-corrected chi connectivity index (χ2v) is 8.14. The zero-order valence-electron chi connectivity index (χ0n) is 16.1. The molecule has 0 heterocycles. The lowest BCUT2D eigenvalue weighted by Crippen LogP contribution is -2.31. The van der Waals surface area contributed by atoms with Gasteiger partial charge in [-0.1, -0.05) is 6.08 Å². The summed E-state index contributed by atoms with van der Waals surface area (Å²) >= 11 is 1.66. The SMILES string of the molecule is C/C=C\C(=C/C)OC(C)(C)CCOC(C)(C)CCSCCC(=O)O. The molecule has 0 aromatic rings. The summed E-state index contributed by atoms with van der Waals surface area (Å²) < 4.78 is 12.0. The Kier molecular flexibility index (Phi) is 11.1. The van der Waals surface area contributed by atoms with E-state index in [0.29, 0.717) is 12.4 Å². The van der Waals surface area contributed by atoms with E-state index in [1.807, 2.05) is 32.1 Å². The molecular formula is C19H34O4S. The summed E-state index contributed by atoms with van der Waals surface area (Å²) in [6.07, 6.45) is 7.81. The van der Waals surface area contributed by atoms with Crippen LogP contribution in [0.25, 0.3) is 0 Å². The van der Waals surface area contributed by atoms with Gasteiger partial charge in [-0.2, -0.15) is 11.8 Å². The lowest BCUT2D eigenvalue weighted by Gasteiger charge is -2.30. The molecule has 0 saturated carbocycles. The number of hydrogen-bond donors (Lipinski definition) is 1. The molecular weight excluding hydrogens is 324 g/mol. The van der Waals surface area contributed by atoms with Gasteiger partial charge in [-0.05, 0) is 65.9 Å². The molecule has 140 valence electrons. The van der Waals surface area contributed by atoms with Crippen molar-refractivity contribution < 1.29 is 19.4 Å². The van der Waals surface area contributed by atoms with E-state index in [1.54, 1.807) is 11.8 Å². The van der Waals surface area contributed by atoms with E-state index in [0.717, 1.165) is 24.4 Å². The summed E-state index contributed by atoms with van der Waals surface area (Å²) in [5, 5.41) is 8.62. The molecule has 0 bridgehead atoms. The number of carbonyl (C=O) groups is 1. The van der Waals surface area contributed by atoms with E-state index < -0.39 is 5.97 Å². The Balaban J connectivity index is 4.10. The van der Waals surface area contributed by atoms with Crippen LogP contribution in [-0.2, 0) is 14.3 Å². The van der Waals surface area contributed by atoms with E-state index in [2.05, 4.69) is 27.7 Å². The molecule has 0 fully saturated rings. The maximum atomic E-state index is 10.5. The highest BCUT2D eigenvalue weighted by Crippen LogP contribution is 2.23. The molecule has 0 atom stereocenters. The normalized spacial score (nSPS) is 13.5. The van der Waals surface area contributed by atoms with Gasteiger partial charge in [0, 0.05) is 12.2 Å². The maximum Gasteiger partial charge on any atom is 0.304 e. The Hall–Kier alpha value is -0.940. The Morgan fingerprint density at radius 3 is 2.29 bits per heavy atom. The summed E-state index contributed by atoms with van der Waals surface area (Å²) in [7, 11) is 0. The van der Waals surface area contributed by atoms with Crippen molar-refractivity contribution in [3.63, 3.8) is 0 Å². The first-order valence-corrected chi connectivity index (χ1v) is 9.69. The molecule has 4 nitrogen and oxygen atoms in total. The number of carboxylic acids is 1. The van der Waals surface area contributed by atoms with Crippen molar-refractivity contribution in [2.24, 2.45) is 0 Å². The second kappa shape index (κ2) is 11.6. The van der Waals surface area contributed by atoms with Gasteiger partial charge in [0.2, 0.25) is 0 Å². The van der Waals surface area contributed by atoms with Crippen molar-refractivity contribution in [1.82, 2.24) is 0 Å². The number of thioether (sulfide) groups is 1. The molecule has 0 aliphatic rings. The topological polar surface area (TPSA) is 55.8 Å². The summed E-state index contributed by atoms with van der Waals surface area (Å²) in [5.74, 6) is 1.70. The first-order chi connectivity index (χ1) is 11.1. The molecule has 0 radical (unpaired) electrons. The Bertz CT molecular complexity index is 425. The lowest BCUT2D eigenvalue weighted by atomic mass is 10.0. The number of ether oxygens (including phenoxy) is 2. The summed E-state index contributed by atoms with van der Waals surface area (Å²) in [5.41, 5.74) is -0.493. The van der Waals surface area contributed by atoms with Crippen LogP contribution in [-0.4, -0.2) is 40.4 Å². The lowest BCUT2D eigenvalue weighted by molar-refractivity contribution is -0.136. The number of allylic oxidation sites excluding steroid dienone is 3. The third-order valence-electron chi connectivity index (χ3n) is 3.52. The summed E-state index contributed by atoms with van der Waals surface area (Å²) in [4.78, 5) is 10.5. The third-order valence-corrected chi connectivity index (χ3v) is 4.50. The monoisotopic (exact) mass is 358 g/mol. The molecule has 0 aliphatic heterocycles. The number of carboxylic acid groups (broad SMARTS) is 1. The van der Waals surface area contributed by atoms with E-state index >= 15 is 0 Å². The summed E-state index contributed by atoms with van der Waals surface area (Å²) in [6.45, 7) is 12.9. The minimum atomic E-state index is -0.737. The molecule has 0 spiro atoms. The summed E-state index contributed by atoms with van der Waals surface area (Å²) in [6, 6.07) is 0. The molecule has 24 heavy (non-hydrogen) atoms. The van der Waals surface area contributed by atoms with Gasteiger partial charge in [0.25, 0.3) is 0 Å². The first kappa shape index (κ1) is 23.1. The van der Waals surface area contributed by atoms with Crippen molar-refractivity contribution in [1.29, 1.82) is 0 Å². The highest BCUT2D eigenvalue weighted by molar-refractivity contribution is 7.99. The van der Waals surface area contributed by atoms with Gasteiger partial charge in [-0.3, -0.25) is 4.79 Å². The van der Waals surface area contributed by atoms with Crippen molar-refractivity contribution in [2.75, 3.05) is 18.1 Å². The van der Waals surface area contributed by atoms with Crippen molar-refractivity contribution in [3.05, 3.63) is 24.0 Å². The number of hydrogen-bond acceptors (Lipinski definition) is 4. The van der Waals surface area contributed by atoms with Gasteiger partial charge >= 0.3 is 5.97 Å². The fourth-order valence-corrected chi connectivity index (χ4v) is 3.11. The van der Waals surface area contributed by atoms with Gasteiger partial charge in [0.15, 0.2) is 0 Å². The Labute approximate surface area is 151 Å². The third kappa shape index (κ3) is 12.5. The van der Waals surface area contributed by atoms with Gasteiger partial charge in [0.1, 0.15) is 11.4 Å². The highest BCUT2D eigenvalue weighted by atomic mass is 32.2. The molecule has 0 aliphatic carbocycles. The molecule has 0 amide bonds. The van der Waals surface area contributed by atoms with Crippen LogP contribution in [0.1, 0.15) is 60.8 Å². The van der Waals surface area contributed by atoms with Crippen LogP contribution in [0, 0.1) is 0 Å². The van der Waals surface area contributed by atoms with Crippen molar-refractivity contribution in [2.45, 2.75) is 72.0 Å². The van der Waals surface area contributed by atoms with Crippen LogP contribution in [0.3, 0.4) is 0 Å². The van der Waals surface area contributed by atoms with E-state index in [-0.39, 0.29) is 17.6 Å². The zero-order chi connectivity index (χ0) is 18.6. The van der Waals surface area contributed by atoms with Gasteiger partial charge in [-0.15, -0.1) is 0 Å². The van der Waals surface area contributed by atoms with E-state index in [1.165, 1.54) is 0 Å². The Morgan fingerprint density at radius 2 is 1.75 bits per heavy atom. The van der Waals surface area contributed by atoms with Crippen LogP contribution in [0.2, 0.25) is 0 Å². The predicted molar refractivity (Wildman–Crippen MR) is 103 cm³/mol. The molecule has 0 aromatic heterocycles. The van der Waals surface area contributed by atoms with Gasteiger partial charge in [-0.25, -0.2) is 0 Å². The van der Waals surface area contributed by atoms with Gasteiger partial charge in [0.05, 0.1) is 18.6 Å². The fraction of sp³-hybridized carbons (Fsp3) is 0.737. The van der Waals surface area contributed by atoms with Crippen LogP contribution in [0.4, 0.5) is 0 Å². The molecule has 0 rings (SSSR count). The molecule has 0 aromatic carbocycles. The number of rotatable bonds is 13. The first-order valence-electron chi connectivity index (χ1n) is 8.53. The fourth-order valence-electron chi connectivity index (χ4n) is 1.95. The average molecular weight is 359 g/mol. The van der Waals surface area contributed by atoms with Crippen LogP contribution in [0.5, 0.6) is 0 Å². The average Bonchev–Trinajstić information content (AvgIpc) is 2.45. The number of aliphatic carboxylic acids is 1. The predicted octanol–water partition coefficient (Wildman–Crippen LogP) is 5.04. The van der Waals surface area contributed by atoms with Crippen LogP contribution in [0.15, 0.2) is 24.0 Å². The molecule has 0 saturated heterocycles. The minimum Gasteiger partial charge on any atom is -0.488 e. The molecule has 0 unspecified atom stereocenters. The van der Waals surface area contributed by atoms with E-state index in [4.69, 9.17) is 14.6 Å². The Morgan fingerprint density at radius 1 is 1.08 bits per heavy atom. The smallest absolute Gasteiger partial charge is 0.304 e. The standard InChI is InChI=1S/C19H34O4S/c1-7-9-16(8-2)23-19(5,6)11-13-22-18(3,4)12-15-24-14-10-17(20)21/h7-9H,10-15H2,1-6H3,(H,20,21)/b9-7-,16-8+. The zero-order valence-corrected chi connectivity index (χ0v) is 16.9. The van der Waals surface area contributed by atoms with Crippen molar-refractivity contribution in [3.8, 4) is 0 Å². The maximum absolute atomic E-state index is 10.5. The minimum absolute atomic E-state index is 0.209. The quantitative estimate of drug-likeness (QED) is 0.284. The van der Waals surface area contributed by atoms with Crippen LogP contribution >= 0.6 is 11.8 Å². The second-order valence-electron chi connectivity index (χ2n) is 6.92. The highest BCUT2D eigenvalue weighted by Gasteiger charge is 2.23. The van der Waals surface area contributed by atoms with Crippen molar-refractivity contribution >= 4 is 17.7 Å². The molecule has 1 N–H and O–H groups in total. The van der Waals surface area contributed by atoms with Gasteiger partial charge < -0.3 is 14.6 Å². The van der Waals surface area contributed by atoms with E-state index in [9.17, 15) is 4.79 Å². The largest absolute Gasteiger partial charge is 0.488 e. The molecule has 5 heteroatoms. The van der Waals surface area contributed by atoms with Crippen LogP contribution < -0.4 is 0 Å².